The Morgan fingerprint density at radius 3 is 2.68 bits per heavy atom. The second-order valence-electron chi connectivity index (χ2n) is 6.49. The molecule has 1 aromatic rings. The molecule has 0 aromatic heterocycles. The number of rotatable bonds is 2. The average molecular weight is 260 g/mol. The number of hydrogen-bond donors (Lipinski definition) is 1. The molecule has 4 unspecified atom stereocenters. The van der Waals surface area contributed by atoms with E-state index >= 15 is 0 Å². The van der Waals surface area contributed by atoms with Crippen molar-refractivity contribution in [2.45, 2.75) is 58.2 Å². The van der Waals surface area contributed by atoms with Crippen LogP contribution < -0.4 is 4.74 Å². The van der Waals surface area contributed by atoms with Crippen LogP contribution in [0.5, 0.6) is 5.75 Å². The number of hydrogen-bond acceptors (Lipinski definition) is 2. The van der Waals surface area contributed by atoms with Crippen LogP contribution in [0.15, 0.2) is 18.2 Å². The summed E-state index contributed by atoms with van der Waals surface area (Å²) in [7, 11) is 0. The van der Waals surface area contributed by atoms with Crippen LogP contribution in [0, 0.1) is 11.8 Å². The van der Waals surface area contributed by atoms with E-state index in [2.05, 4.69) is 32.0 Å². The number of aryl methyl sites for hydroxylation is 2. The molecule has 0 saturated heterocycles. The van der Waals surface area contributed by atoms with Crippen LogP contribution in [0.3, 0.4) is 0 Å². The maximum absolute atomic E-state index is 10.2. The van der Waals surface area contributed by atoms with E-state index in [-0.39, 0.29) is 12.2 Å². The largest absolute Gasteiger partial charge is 0.487 e. The normalized spacial score (nSPS) is 34.1. The molecule has 0 bridgehead atoms. The molecule has 0 aliphatic heterocycles. The van der Waals surface area contributed by atoms with Gasteiger partial charge in [-0.05, 0) is 67.2 Å². The number of fused-ring (bicyclic) bond motifs is 1. The number of aliphatic hydroxyl groups excluding tert-OH is 1. The molecule has 1 N–H and O–H groups in total. The van der Waals surface area contributed by atoms with E-state index in [0.717, 1.165) is 18.6 Å². The molecule has 1 saturated carbocycles. The Morgan fingerprint density at radius 2 is 1.89 bits per heavy atom. The lowest BCUT2D eigenvalue weighted by Gasteiger charge is -2.36. The topological polar surface area (TPSA) is 29.5 Å². The molecule has 104 valence electrons. The first-order valence-electron chi connectivity index (χ1n) is 7.60. The Morgan fingerprint density at radius 1 is 1.11 bits per heavy atom. The predicted molar refractivity (Wildman–Crippen MR) is 76.5 cm³/mol. The van der Waals surface area contributed by atoms with Gasteiger partial charge in [-0.1, -0.05) is 19.9 Å². The summed E-state index contributed by atoms with van der Waals surface area (Å²) in [5, 5.41) is 10.2. The van der Waals surface area contributed by atoms with Crippen molar-refractivity contribution < 1.29 is 9.84 Å². The molecule has 2 heteroatoms. The van der Waals surface area contributed by atoms with E-state index in [1.807, 2.05) is 0 Å². The summed E-state index contributed by atoms with van der Waals surface area (Å²) in [4.78, 5) is 0. The Kier molecular flexibility index (Phi) is 3.53. The standard InChI is InChI=1S/C17H24O2/c1-11-8-12(2)17(16(18)9-11)19-15-7-6-13-4-3-5-14(13)10-15/h6-7,10-12,16-18H,3-5,8-9H2,1-2H3. The summed E-state index contributed by atoms with van der Waals surface area (Å²) in [5.41, 5.74) is 2.90. The molecule has 1 aromatic carbocycles. The number of aliphatic hydroxyl groups is 1. The first-order chi connectivity index (χ1) is 9.13. The molecule has 4 atom stereocenters. The zero-order valence-electron chi connectivity index (χ0n) is 11.9. The summed E-state index contributed by atoms with van der Waals surface area (Å²) in [6.45, 7) is 4.41. The van der Waals surface area contributed by atoms with Crippen LogP contribution >= 0.6 is 0 Å². The van der Waals surface area contributed by atoms with Crippen LogP contribution in [-0.2, 0) is 12.8 Å². The third-order valence-electron chi connectivity index (χ3n) is 4.70. The molecule has 0 radical (unpaired) electrons. The lowest BCUT2D eigenvalue weighted by molar-refractivity contribution is -0.0388. The molecular formula is C17H24O2. The first kappa shape index (κ1) is 13.0. The van der Waals surface area contributed by atoms with Gasteiger partial charge >= 0.3 is 0 Å². The van der Waals surface area contributed by atoms with E-state index < -0.39 is 0 Å². The third kappa shape index (κ3) is 2.64. The molecule has 19 heavy (non-hydrogen) atoms. The van der Waals surface area contributed by atoms with Gasteiger partial charge in [-0.3, -0.25) is 0 Å². The van der Waals surface area contributed by atoms with Gasteiger partial charge < -0.3 is 9.84 Å². The quantitative estimate of drug-likeness (QED) is 0.883. The highest BCUT2D eigenvalue weighted by molar-refractivity contribution is 5.38. The maximum Gasteiger partial charge on any atom is 0.127 e. The molecular weight excluding hydrogens is 236 g/mol. The fraction of sp³-hybridized carbons (Fsp3) is 0.647. The van der Waals surface area contributed by atoms with Crippen molar-refractivity contribution >= 4 is 0 Å². The van der Waals surface area contributed by atoms with E-state index in [0.29, 0.717) is 11.8 Å². The molecule has 1 fully saturated rings. The minimum Gasteiger partial charge on any atom is -0.487 e. The Balaban J connectivity index is 1.74. The zero-order chi connectivity index (χ0) is 13.4. The fourth-order valence-electron chi connectivity index (χ4n) is 3.76. The van der Waals surface area contributed by atoms with Crippen LogP contribution in [-0.4, -0.2) is 17.3 Å². The van der Waals surface area contributed by atoms with Gasteiger partial charge in [0.2, 0.25) is 0 Å². The lowest BCUT2D eigenvalue weighted by Crippen LogP contribution is -2.43. The van der Waals surface area contributed by atoms with Crippen molar-refractivity contribution in [3.63, 3.8) is 0 Å². The van der Waals surface area contributed by atoms with Gasteiger partial charge in [-0.25, -0.2) is 0 Å². The smallest absolute Gasteiger partial charge is 0.127 e. The van der Waals surface area contributed by atoms with Crippen LogP contribution in [0.2, 0.25) is 0 Å². The van der Waals surface area contributed by atoms with Gasteiger partial charge in [0.25, 0.3) is 0 Å². The maximum atomic E-state index is 10.2. The second kappa shape index (κ2) is 5.16. The first-order valence-corrected chi connectivity index (χ1v) is 7.60. The monoisotopic (exact) mass is 260 g/mol. The van der Waals surface area contributed by atoms with Crippen molar-refractivity contribution in [1.29, 1.82) is 0 Å². The van der Waals surface area contributed by atoms with Crippen LogP contribution in [0.1, 0.15) is 44.2 Å². The highest BCUT2D eigenvalue weighted by atomic mass is 16.5. The summed E-state index contributed by atoms with van der Waals surface area (Å²) >= 11 is 0. The van der Waals surface area contributed by atoms with Gasteiger partial charge in [0.15, 0.2) is 0 Å². The summed E-state index contributed by atoms with van der Waals surface area (Å²) in [5.74, 6) is 1.96. The van der Waals surface area contributed by atoms with Gasteiger partial charge in [0, 0.05) is 0 Å². The molecule has 0 amide bonds. The van der Waals surface area contributed by atoms with Gasteiger partial charge in [-0.15, -0.1) is 0 Å². The fourth-order valence-corrected chi connectivity index (χ4v) is 3.76. The van der Waals surface area contributed by atoms with Crippen molar-refractivity contribution in [3.8, 4) is 5.75 Å². The van der Waals surface area contributed by atoms with Gasteiger partial charge in [0.1, 0.15) is 11.9 Å². The van der Waals surface area contributed by atoms with E-state index in [1.165, 1.54) is 30.4 Å². The predicted octanol–water partition coefficient (Wildman–Crippen LogP) is 3.35. The molecule has 2 aliphatic rings. The molecule has 0 heterocycles. The van der Waals surface area contributed by atoms with Crippen molar-refractivity contribution in [1.82, 2.24) is 0 Å². The van der Waals surface area contributed by atoms with Crippen molar-refractivity contribution in [2.75, 3.05) is 0 Å². The molecule has 2 aliphatic carbocycles. The zero-order valence-corrected chi connectivity index (χ0v) is 11.9. The number of ether oxygens (including phenoxy) is 1. The Labute approximate surface area is 115 Å². The van der Waals surface area contributed by atoms with Crippen LogP contribution in [0.25, 0.3) is 0 Å². The minimum atomic E-state index is -0.327. The summed E-state index contributed by atoms with van der Waals surface area (Å²) < 4.78 is 6.10. The highest BCUT2D eigenvalue weighted by Crippen LogP contribution is 2.33. The lowest BCUT2D eigenvalue weighted by atomic mass is 9.79. The van der Waals surface area contributed by atoms with Crippen LogP contribution in [0.4, 0.5) is 0 Å². The Hall–Kier alpha value is -1.02. The van der Waals surface area contributed by atoms with E-state index in [4.69, 9.17) is 4.74 Å². The van der Waals surface area contributed by atoms with E-state index in [1.54, 1.807) is 0 Å². The van der Waals surface area contributed by atoms with Gasteiger partial charge in [-0.2, -0.15) is 0 Å². The summed E-state index contributed by atoms with van der Waals surface area (Å²) in [6, 6.07) is 6.45. The third-order valence-corrected chi connectivity index (χ3v) is 4.70. The molecule has 2 nitrogen and oxygen atoms in total. The molecule has 0 spiro atoms. The van der Waals surface area contributed by atoms with Gasteiger partial charge in [0.05, 0.1) is 6.10 Å². The van der Waals surface area contributed by atoms with Crippen molar-refractivity contribution in [2.24, 2.45) is 11.8 Å². The number of benzene rings is 1. The SMILES string of the molecule is CC1CC(C)C(Oc2ccc3c(c2)CCC3)C(O)C1. The molecule has 3 rings (SSSR count). The Bertz CT molecular complexity index is 443. The highest BCUT2D eigenvalue weighted by Gasteiger charge is 2.34. The summed E-state index contributed by atoms with van der Waals surface area (Å²) in [6.07, 6.45) is 5.27. The van der Waals surface area contributed by atoms with E-state index in [9.17, 15) is 5.11 Å². The minimum absolute atomic E-state index is 0.0457. The average Bonchev–Trinajstić information content (AvgIpc) is 2.81. The van der Waals surface area contributed by atoms with Crippen molar-refractivity contribution in [3.05, 3.63) is 29.3 Å². The second-order valence-corrected chi connectivity index (χ2v) is 6.49.